The van der Waals surface area contributed by atoms with Crippen LogP contribution in [0.4, 0.5) is 0 Å². The Balaban J connectivity index is 2.95. The van der Waals surface area contributed by atoms with Crippen molar-refractivity contribution < 1.29 is 0 Å². The van der Waals surface area contributed by atoms with Gasteiger partial charge in [-0.1, -0.05) is 12.2 Å². The molecule has 10 heavy (non-hydrogen) atoms. The second-order valence-electron chi connectivity index (χ2n) is 1.94. The van der Waals surface area contributed by atoms with E-state index in [0.29, 0.717) is 0 Å². The maximum absolute atomic E-state index is 4.00. The van der Waals surface area contributed by atoms with Crippen molar-refractivity contribution in [2.75, 3.05) is 0 Å². The summed E-state index contributed by atoms with van der Waals surface area (Å²) >= 11 is 3.34. The third-order valence-electron chi connectivity index (χ3n) is 1.09. The average Bonchev–Trinajstić information content (AvgIpc) is 1.88. The smallest absolute Gasteiger partial charge is 0.0410 e. The fourth-order valence-electron chi connectivity index (χ4n) is 0.712. The molecule has 0 bridgehead atoms. The van der Waals surface area contributed by atoms with Gasteiger partial charge >= 0.3 is 0 Å². The van der Waals surface area contributed by atoms with Crippen LogP contribution in [0.5, 0.6) is 0 Å². The van der Waals surface area contributed by atoms with Crippen LogP contribution in [-0.4, -0.2) is 4.98 Å². The Labute approximate surface area is 68.9 Å². The summed E-state index contributed by atoms with van der Waals surface area (Å²) in [5.41, 5.74) is 1.12. The zero-order valence-electron chi connectivity index (χ0n) is 5.71. The standard InChI is InChI=1S/C8H8BrN/c1-2-3-7-4-8(9)6-10-5-7/h2-6H,1H3/b3-2+. The maximum Gasteiger partial charge on any atom is 0.0410 e. The van der Waals surface area contributed by atoms with Gasteiger partial charge in [-0.2, -0.15) is 0 Å². The lowest BCUT2D eigenvalue weighted by molar-refractivity contribution is 1.30. The normalized spacial score (nSPS) is 10.6. The maximum atomic E-state index is 4.00. The minimum Gasteiger partial charge on any atom is -0.263 e. The molecule has 1 nitrogen and oxygen atoms in total. The van der Waals surface area contributed by atoms with Gasteiger partial charge in [0, 0.05) is 16.9 Å². The second-order valence-corrected chi connectivity index (χ2v) is 2.85. The molecular formula is C8H8BrN. The van der Waals surface area contributed by atoms with Gasteiger partial charge in [-0.3, -0.25) is 4.98 Å². The minimum absolute atomic E-state index is 1.02. The van der Waals surface area contributed by atoms with Gasteiger partial charge in [-0.05, 0) is 34.5 Å². The van der Waals surface area contributed by atoms with Crippen molar-refractivity contribution in [2.45, 2.75) is 6.92 Å². The summed E-state index contributed by atoms with van der Waals surface area (Å²) in [6, 6.07) is 2.02. The first-order chi connectivity index (χ1) is 4.83. The molecule has 1 aromatic heterocycles. The number of rotatable bonds is 1. The van der Waals surface area contributed by atoms with Crippen LogP contribution in [0.1, 0.15) is 12.5 Å². The summed E-state index contributed by atoms with van der Waals surface area (Å²) in [6.45, 7) is 1.99. The van der Waals surface area contributed by atoms with E-state index in [9.17, 15) is 0 Å². The summed E-state index contributed by atoms with van der Waals surface area (Å²) in [5, 5.41) is 0. The Morgan fingerprint density at radius 3 is 2.90 bits per heavy atom. The van der Waals surface area contributed by atoms with Crippen LogP contribution in [-0.2, 0) is 0 Å². The molecule has 0 unspecified atom stereocenters. The van der Waals surface area contributed by atoms with E-state index in [2.05, 4.69) is 20.9 Å². The van der Waals surface area contributed by atoms with Crippen LogP contribution in [0.15, 0.2) is 29.0 Å². The van der Waals surface area contributed by atoms with Gasteiger partial charge in [0.15, 0.2) is 0 Å². The molecule has 0 atom stereocenters. The van der Waals surface area contributed by atoms with E-state index in [-0.39, 0.29) is 0 Å². The first-order valence-corrected chi connectivity index (χ1v) is 3.85. The molecule has 0 amide bonds. The molecule has 1 rings (SSSR count). The topological polar surface area (TPSA) is 12.9 Å². The third-order valence-corrected chi connectivity index (χ3v) is 1.52. The van der Waals surface area contributed by atoms with Crippen LogP contribution in [0.3, 0.4) is 0 Å². The molecule has 0 N–H and O–H groups in total. The van der Waals surface area contributed by atoms with Crippen molar-refractivity contribution in [3.63, 3.8) is 0 Å². The van der Waals surface area contributed by atoms with Gasteiger partial charge in [-0.15, -0.1) is 0 Å². The molecule has 0 saturated carbocycles. The summed E-state index contributed by atoms with van der Waals surface area (Å²) < 4.78 is 1.02. The summed E-state index contributed by atoms with van der Waals surface area (Å²) in [7, 11) is 0. The van der Waals surface area contributed by atoms with Gasteiger partial charge in [0.05, 0.1) is 0 Å². The van der Waals surface area contributed by atoms with Gasteiger partial charge in [0.1, 0.15) is 0 Å². The highest BCUT2D eigenvalue weighted by atomic mass is 79.9. The fraction of sp³-hybridized carbons (Fsp3) is 0.125. The van der Waals surface area contributed by atoms with E-state index in [1.807, 2.05) is 31.3 Å². The highest BCUT2D eigenvalue weighted by molar-refractivity contribution is 9.10. The van der Waals surface area contributed by atoms with Crippen molar-refractivity contribution in [1.29, 1.82) is 0 Å². The van der Waals surface area contributed by atoms with E-state index < -0.39 is 0 Å². The highest BCUT2D eigenvalue weighted by Crippen LogP contribution is 2.10. The SMILES string of the molecule is C/C=C/c1cncc(Br)c1. The fourth-order valence-corrected chi connectivity index (χ4v) is 1.09. The number of hydrogen-bond acceptors (Lipinski definition) is 1. The van der Waals surface area contributed by atoms with Crippen molar-refractivity contribution in [3.8, 4) is 0 Å². The summed E-state index contributed by atoms with van der Waals surface area (Å²) in [5.74, 6) is 0. The number of hydrogen-bond donors (Lipinski definition) is 0. The molecule has 0 aliphatic carbocycles. The van der Waals surface area contributed by atoms with Gasteiger partial charge in [0.25, 0.3) is 0 Å². The molecule has 1 aromatic rings. The monoisotopic (exact) mass is 197 g/mol. The second kappa shape index (κ2) is 3.52. The zero-order valence-corrected chi connectivity index (χ0v) is 7.30. The van der Waals surface area contributed by atoms with E-state index in [0.717, 1.165) is 10.0 Å². The van der Waals surface area contributed by atoms with Gasteiger partial charge in [0.2, 0.25) is 0 Å². The molecule has 0 aromatic carbocycles. The lowest BCUT2D eigenvalue weighted by Gasteiger charge is -1.91. The van der Waals surface area contributed by atoms with Crippen molar-refractivity contribution >= 4 is 22.0 Å². The van der Waals surface area contributed by atoms with Crippen LogP contribution < -0.4 is 0 Å². The quantitative estimate of drug-likeness (QED) is 0.675. The summed E-state index contributed by atoms with van der Waals surface area (Å²) in [6.07, 6.45) is 7.60. The third kappa shape index (κ3) is 1.95. The predicted octanol–water partition coefficient (Wildman–Crippen LogP) is 2.88. The Morgan fingerprint density at radius 1 is 1.50 bits per heavy atom. The van der Waals surface area contributed by atoms with Gasteiger partial charge < -0.3 is 0 Å². The number of halogens is 1. The van der Waals surface area contributed by atoms with Crippen LogP contribution in [0.25, 0.3) is 6.08 Å². The Hall–Kier alpha value is -0.630. The van der Waals surface area contributed by atoms with Crippen LogP contribution >= 0.6 is 15.9 Å². The minimum atomic E-state index is 1.02. The first kappa shape index (κ1) is 7.48. The Morgan fingerprint density at radius 2 is 2.30 bits per heavy atom. The number of nitrogens with zero attached hydrogens (tertiary/aromatic N) is 1. The lowest BCUT2D eigenvalue weighted by atomic mass is 10.3. The van der Waals surface area contributed by atoms with Crippen molar-refractivity contribution in [3.05, 3.63) is 34.6 Å². The molecule has 0 fully saturated rings. The highest BCUT2D eigenvalue weighted by Gasteiger charge is 1.86. The van der Waals surface area contributed by atoms with Crippen molar-refractivity contribution in [1.82, 2.24) is 4.98 Å². The van der Waals surface area contributed by atoms with E-state index >= 15 is 0 Å². The molecule has 0 aliphatic rings. The first-order valence-electron chi connectivity index (χ1n) is 3.06. The van der Waals surface area contributed by atoms with E-state index in [1.165, 1.54) is 0 Å². The number of allylic oxidation sites excluding steroid dienone is 1. The summed E-state index contributed by atoms with van der Waals surface area (Å²) in [4.78, 5) is 4.00. The number of pyridine rings is 1. The molecule has 0 radical (unpaired) electrons. The van der Waals surface area contributed by atoms with Crippen molar-refractivity contribution in [2.24, 2.45) is 0 Å². The molecule has 1 heterocycles. The van der Waals surface area contributed by atoms with Crippen LogP contribution in [0, 0.1) is 0 Å². The van der Waals surface area contributed by atoms with E-state index in [1.54, 1.807) is 6.20 Å². The van der Waals surface area contributed by atoms with Gasteiger partial charge in [-0.25, -0.2) is 0 Å². The molecule has 0 saturated heterocycles. The molecule has 2 heteroatoms. The molecular weight excluding hydrogens is 190 g/mol. The Bertz CT molecular complexity index is 243. The average molecular weight is 198 g/mol. The van der Waals surface area contributed by atoms with E-state index in [4.69, 9.17) is 0 Å². The number of aromatic nitrogens is 1. The zero-order chi connectivity index (χ0) is 7.40. The molecule has 52 valence electrons. The molecule has 0 aliphatic heterocycles. The lowest BCUT2D eigenvalue weighted by Crippen LogP contribution is -1.74. The largest absolute Gasteiger partial charge is 0.263 e. The Kier molecular flexibility index (Phi) is 2.63. The van der Waals surface area contributed by atoms with Crippen LogP contribution in [0.2, 0.25) is 0 Å². The predicted molar refractivity (Wildman–Crippen MR) is 46.6 cm³/mol. The molecule has 0 spiro atoms.